The Hall–Kier alpha value is -3.55. The van der Waals surface area contributed by atoms with Crippen molar-refractivity contribution in [3.05, 3.63) is 77.6 Å². The standard InChI is InChI=1S/C23H21F3N2O3/c1-14(2)21-11-10-20(15(3)27-21)22(29)28-16-6-4-7-17(12-16)30-18-8-5-9-19(13-18)31-23(24,25)26/h4-14H,1-3H3,(H,28,29). The van der Waals surface area contributed by atoms with E-state index in [2.05, 4.69) is 15.0 Å². The number of nitrogens with zero attached hydrogens (tertiary/aromatic N) is 1. The zero-order valence-corrected chi connectivity index (χ0v) is 17.2. The first-order chi connectivity index (χ1) is 14.6. The van der Waals surface area contributed by atoms with Crippen molar-refractivity contribution in [3.8, 4) is 17.2 Å². The number of halogens is 3. The fourth-order valence-electron chi connectivity index (χ4n) is 2.85. The number of pyridine rings is 1. The molecule has 0 unspecified atom stereocenters. The first-order valence-electron chi connectivity index (χ1n) is 9.53. The molecule has 1 N–H and O–H groups in total. The molecule has 5 nitrogen and oxygen atoms in total. The van der Waals surface area contributed by atoms with E-state index in [1.807, 2.05) is 19.9 Å². The first-order valence-corrected chi connectivity index (χ1v) is 9.53. The molecule has 8 heteroatoms. The van der Waals surface area contributed by atoms with Crippen molar-refractivity contribution in [1.29, 1.82) is 0 Å². The predicted molar refractivity (Wildman–Crippen MR) is 111 cm³/mol. The van der Waals surface area contributed by atoms with Gasteiger partial charge >= 0.3 is 6.36 Å². The Labute approximate surface area is 177 Å². The van der Waals surface area contributed by atoms with Crippen molar-refractivity contribution in [3.63, 3.8) is 0 Å². The zero-order valence-electron chi connectivity index (χ0n) is 17.2. The largest absolute Gasteiger partial charge is 0.573 e. The van der Waals surface area contributed by atoms with E-state index in [1.54, 1.807) is 37.3 Å². The molecule has 0 saturated heterocycles. The van der Waals surface area contributed by atoms with Crippen molar-refractivity contribution < 1.29 is 27.4 Å². The molecule has 0 radical (unpaired) electrons. The van der Waals surface area contributed by atoms with Crippen molar-refractivity contribution in [2.24, 2.45) is 0 Å². The summed E-state index contributed by atoms with van der Waals surface area (Å²) in [5.74, 6) is 0.0477. The molecule has 0 atom stereocenters. The molecular weight excluding hydrogens is 409 g/mol. The van der Waals surface area contributed by atoms with Crippen LogP contribution in [0.5, 0.6) is 17.2 Å². The number of hydrogen-bond acceptors (Lipinski definition) is 4. The summed E-state index contributed by atoms with van der Waals surface area (Å²) in [5, 5.41) is 2.78. The topological polar surface area (TPSA) is 60.5 Å². The van der Waals surface area contributed by atoms with Gasteiger partial charge in [0, 0.05) is 23.5 Å². The Morgan fingerprint density at radius 1 is 0.968 bits per heavy atom. The van der Waals surface area contributed by atoms with E-state index < -0.39 is 6.36 Å². The summed E-state index contributed by atoms with van der Waals surface area (Å²) in [5.41, 5.74) is 2.45. The normalized spacial score (nSPS) is 11.3. The van der Waals surface area contributed by atoms with Crippen LogP contribution < -0.4 is 14.8 Å². The minimum absolute atomic E-state index is 0.162. The highest BCUT2D eigenvalue weighted by Gasteiger charge is 2.31. The van der Waals surface area contributed by atoms with Gasteiger partial charge in [-0.2, -0.15) is 0 Å². The van der Waals surface area contributed by atoms with Crippen LogP contribution in [0.15, 0.2) is 60.7 Å². The fourth-order valence-corrected chi connectivity index (χ4v) is 2.85. The number of aromatic nitrogens is 1. The smallest absolute Gasteiger partial charge is 0.457 e. The van der Waals surface area contributed by atoms with E-state index in [0.717, 1.165) is 11.8 Å². The summed E-state index contributed by atoms with van der Waals surface area (Å²) in [6.07, 6.45) is -4.79. The van der Waals surface area contributed by atoms with Crippen molar-refractivity contribution in [1.82, 2.24) is 4.98 Å². The second-order valence-corrected chi connectivity index (χ2v) is 7.13. The summed E-state index contributed by atoms with van der Waals surface area (Å²) >= 11 is 0. The summed E-state index contributed by atoms with van der Waals surface area (Å²) in [6.45, 7) is 5.83. The molecule has 0 aliphatic rings. The lowest BCUT2D eigenvalue weighted by atomic mass is 10.1. The van der Waals surface area contributed by atoms with Crippen LogP contribution in [-0.2, 0) is 0 Å². The third-order valence-corrected chi connectivity index (χ3v) is 4.31. The van der Waals surface area contributed by atoms with Gasteiger partial charge in [-0.3, -0.25) is 9.78 Å². The van der Waals surface area contributed by atoms with Gasteiger partial charge < -0.3 is 14.8 Å². The van der Waals surface area contributed by atoms with Crippen LogP contribution in [0, 0.1) is 6.92 Å². The van der Waals surface area contributed by atoms with Gasteiger partial charge in [-0.1, -0.05) is 26.0 Å². The summed E-state index contributed by atoms with van der Waals surface area (Å²) in [7, 11) is 0. The number of aryl methyl sites for hydroxylation is 1. The van der Waals surface area contributed by atoms with Crippen LogP contribution in [0.25, 0.3) is 0 Å². The molecular formula is C23H21F3N2O3. The Morgan fingerprint density at radius 2 is 1.61 bits per heavy atom. The van der Waals surface area contributed by atoms with Crippen LogP contribution >= 0.6 is 0 Å². The molecule has 162 valence electrons. The molecule has 3 rings (SSSR count). The lowest BCUT2D eigenvalue weighted by Crippen LogP contribution is -2.17. The highest BCUT2D eigenvalue weighted by Crippen LogP contribution is 2.30. The van der Waals surface area contributed by atoms with Crippen molar-refractivity contribution in [2.75, 3.05) is 5.32 Å². The molecule has 0 saturated carbocycles. The third-order valence-electron chi connectivity index (χ3n) is 4.31. The van der Waals surface area contributed by atoms with E-state index in [1.165, 1.54) is 18.2 Å². The summed E-state index contributed by atoms with van der Waals surface area (Å²) in [4.78, 5) is 17.1. The number of hydrogen-bond donors (Lipinski definition) is 1. The molecule has 0 aliphatic carbocycles. The minimum Gasteiger partial charge on any atom is -0.457 e. The molecule has 1 amide bonds. The Kier molecular flexibility index (Phi) is 6.48. The van der Waals surface area contributed by atoms with Gasteiger partial charge in [0.2, 0.25) is 0 Å². The number of anilines is 1. The van der Waals surface area contributed by atoms with Crippen LogP contribution in [-0.4, -0.2) is 17.3 Å². The number of carbonyl (C=O) groups is 1. The zero-order chi connectivity index (χ0) is 22.6. The molecule has 0 bridgehead atoms. The van der Waals surface area contributed by atoms with Crippen molar-refractivity contribution >= 4 is 11.6 Å². The van der Waals surface area contributed by atoms with Crippen LogP contribution in [0.1, 0.15) is 41.5 Å². The average Bonchev–Trinajstić information content (AvgIpc) is 2.67. The highest BCUT2D eigenvalue weighted by atomic mass is 19.4. The van der Waals surface area contributed by atoms with E-state index in [-0.39, 0.29) is 23.3 Å². The predicted octanol–water partition coefficient (Wildman–Crippen LogP) is 6.46. The van der Waals surface area contributed by atoms with Gasteiger partial charge in [-0.05, 0) is 49.2 Å². The number of amides is 1. The number of ether oxygens (including phenoxy) is 2. The van der Waals surface area contributed by atoms with Gasteiger partial charge in [-0.25, -0.2) is 0 Å². The maximum atomic E-state index is 12.6. The van der Waals surface area contributed by atoms with Gasteiger partial charge in [0.05, 0.1) is 11.3 Å². The van der Waals surface area contributed by atoms with Gasteiger partial charge in [0.15, 0.2) is 0 Å². The molecule has 0 spiro atoms. The minimum atomic E-state index is -4.79. The molecule has 3 aromatic rings. The van der Waals surface area contributed by atoms with Gasteiger partial charge in [-0.15, -0.1) is 13.2 Å². The number of alkyl halides is 3. The SMILES string of the molecule is Cc1nc(C(C)C)ccc1C(=O)Nc1cccc(Oc2cccc(OC(F)(F)F)c2)c1. The third kappa shape index (κ3) is 6.21. The fraction of sp³-hybridized carbons (Fsp3) is 0.217. The molecule has 0 fully saturated rings. The highest BCUT2D eigenvalue weighted by molar-refractivity contribution is 6.05. The van der Waals surface area contributed by atoms with E-state index in [9.17, 15) is 18.0 Å². The Balaban J connectivity index is 1.72. The Morgan fingerprint density at radius 3 is 2.26 bits per heavy atom. The lowest BCUT2D eigenvalue weighted by Gasteiger charge is -2.12. The number of nitrogens with one attached hydrogen (secondary N) is 1. The summed E-state index contributed by atoms with van der Waals surface area (Å²) < 4.78 is 46.7. The maximum absolute atomic E-state index is 12.6. The molecule has 1 heterocycles. The number of carbonyl (C=O) groups excluding carboxylic acids is 1. The molecule has 0 aliphatic heterocycles. The van der Waals surface area contributed by atoms with Crippen LogP contribution in [0.2, 0.25) is 0 Å². The second kappa shape index (κ2) is 9.07. The monoisotopic (exact) mass is 430 g/mol. The van der Waals surface area contributed by atoms with Gasteiger partial charge in [0.25, 0.3) is 5.91 Å². The van der Waals surface area contributed by atoms with Crippen molar-refractivity contribution in [2.45, 2.75) is 33.1 Å². The first kappa shape index (κ1) is 22.1. The molecule has 1 aromatic heterocycles. The molecule has 31 heavy (non-hydrogen) atoms. The maximum Gasteiger partial charge on any atom is 0.573 e. The number of benzene rings is 2. The van der Waals surface area contributed by atoms with Crippen LogP contribution in [0.4, 0.5) is 18.9 Å². The van der Waals surface area contributed by atoms with E-state index in [4.69, 9.17) is 4.74 Å². The quantitative estimate of drug-likeness (QED) is 0.488. The average molecular weight is 430 g/mol. The molecule has 2 aromatic carbocycles. The van der Waals surface area contributed by atoms with E-state index in [0.29, 0.717) is 22.7 Å². The van der Waals surface area contributed by atoms with Crippen LogP contribution in [0.3, 0.4) is 0 Å². The summed E-state index contributed by atoms with van der Waals surface area (Å²) in [6, 6.07) is 15.3. The van der Waals surface area contributed by atoms with Gasteiger partial charge in [0.1, 0.15) is 17.2 Å². The second-order valence-electron chi connectivity index (χ2n) is 7.13. The number of rotatable bonds is 6. The Bertz CT molecular complexity index is 1080. The lowest BCUT2D eigenvalue weighted by molar-refractivity contribution is -0.274. The van der Waals surface area contributed by atoms with E-state index >= 15 is 0 Å².